The van der Waals surface area contributed by atoms with Crippen molar-refractivity contribution >= 4 is 17.4 Å². The van der Waals surface area contributed by atoms with Crippen LogP contribution in [0.25, 0.3) is 11.3 Å². The Kier molecular flexibility index (Phi) is 5.82. The molecule has 9 heteroatoms. The second kappa shape index (κ2) is 8.57. The van der Waals surface area contributed by atoms with Crippen LogP contribution in [0.3, 0.4) is 0 Å². The molecule has 0 spiro atoms. The predicted octanol–water partition coefficient (Wildman–Crippen LogP) is 4.46. The second-order valence-corrected chi connectivity index (χ2v) is 8.19. The van der Waals surface area contributed by atoms with Crippen molar-refractivity contribution in [2.24, 2.45) is 0 Å². The summed E-state index contributed by atoms with van der Waals surface area (Å²) in [6.07, 6.45) is 4.20. The average Bonchev–Trinajstić information content (AvgIpc) is 3.13. The largest absolute Gasteiger partial charge is 0.349 e. The van der Waals surface area contributed by atoms with Crippen LogP contribution in [0.4, 0.5) is 20.3 Å². The first-order valence-corrected chi connectivity index (χ1v) is 10.4. The minimum Gasteiger partial charge on any atom is -0.349 e. The summed E-state index contributed by atoms with van der Waals surface area (Å²) in [5.41, 5.74) is 2.60. The third-order valence-corrected chi connectivity index (χ3v) is 5.25. The van der Waals surface area contributed by atoms with Crippen LogP contribution in [-0.2, 0) is 0 Å². The Morgan fingerprint density at radius 1 is 1.16 bits per heavy atom. The van der Waals surface area contributed by atoms with Gasteiger partial charge >= 0.3 is 0 Å². The number of pyridine rings is 2. The Labute approximate surface area is 185 Å². The van der Waals surface area contributed by atoms with Crippen molar-refractivity contribution in [3.8, 4) is 11.3 Å². The Morgan fingerprint density at radius 2 is 1.91 bits per heavy atom. The fourth-order valence-electron chi connectivity index (χ4n) is 3.58. The molecule has 0 aliphatic carbocycles. The highest BCUT2D eigenvalue weighted by Gasteiger charge is 2.40. The number of alkyl halides is 2. The van der Waals surface area contributed by atoms with E-state index in [2.05, 4.69) is 25.3 Å². The minimum absolute atomic E-state index is 0.132. The van der Waals surface area contributed by atoms with Crippen molar-refractivity contribution in [2.45, 2.75) is 39.0 Å². The molecule has 166 valence electrons. The highest BCUT2D eigenvalue weighted by Crippen LogP contribution is 2.38. The monoisotopic (exact) mass is 438 g/mol. The molecule has 3 aromatic heterocycles. The van der Waals surface area contributed by atoms with Crippen molar-refractivity contribution in [3.05, 3.63) is 59.9 Å². The number of nitrogens with one attached hydrogen (secondary N) is 1. The van der Waals surface area contributed by atoms with E-state index in [-0.39, 0.29) is 30.3 Å². The summed E-state index contributed by atoms with van der Waals surface area (Å²) in [4.78, 5) is 31.9. The molecule has 7 nitrogen and oxygen atoms in total. The minimum atomic E-state index is -2.80. The summed E-state index contributed by atoms with van der Waals surface area (Å²) in [6, 6.07) is 7.23. The van der Waals surface area contributed by atoms with Gasteiger partial charge in [-0.15, -0.1) is 0 Å². The van der Waals surface area contributed by atoms with E-state index >= 15 is 0 Å². The number of carbonyl (C=O) groups is 1. The molecule has 4 rings (SSSR count). The van der Waals surface area contributed by atoms with E-state index in [4.69, 9.17) is 0 Å². The second-order valence-electron chi connectivity index (χ2n) is 8.19. The van der Waals surface area contributed by atoms with E-state index < -0.39 is 18.4 Å². The number of carbonyl (C=O) groups excluding carboxylic acids is 1. The topological polar surface area (TPSA) is 83.9 Å². The quantitative estimate of drug-likeness (QED) is 0.633. The van der Waals surface area contributed by atoms with Crippen LogP contribution in [0.2, 0.25) is 0 Å². The maximum atomic E-state index is 13.9. The van der Waals surface area contributed by atoms with Gasteiger partial charge in [0.05, 0.1) is 23.5 Å². The molecule has 3 aromatic rings. The zero-order valence-electron chi connectivity index (χ0n) is 18.1. The molecule has 1 fully saturated rings. The van der Waals surface area contributed by atoms with Gasteiger partial charge in [0.1, 0.15) is 5.82 Å². The lowest BCUT2D eigenvalue weighted by Gasteiger charge is -2.22. The number of nitrogens with zero attached hydrogens (tertiary/aromatic N) is 5. The molecule has 0 saturated carbocycles. The lowest BCUT2D eigenvalue weighted by molar-refractivity contribution is 0.0257. The lowest BCUT2D eigenvalue weighted by Crippen LogP contribution is -2.27. The molecule has 0 unspecified atom stereocenters. The number of halogens is 2. The molecule has 1 aliphatic heterocycles. The maximum Gasteiger partial charge on any atom is 0.266 e. The smallest absolute Gasteiger partial charge is 0.266 e. The van der Waals surface area contributed by atoms with Crippen LogP contribution in [0.15, 0.2) is 42.9 Å². The van der Waals surface area contributed by atoms with Crippen molar-refractivity contribution in [1.82, 2.24) is 19.9 Å². The Hall–Kier alpha value is -3.49. The zero-order valence-corrected chi connectivity index (χ0v) is 18.1. The highest BCUT2D eigenvalue weighted by molar-refractivity contribution is 6.07. The molecule has 0 radical (unpaired) electrons. The lowest BCUT2D eigenvalue weighted by atomic mass is 10.1. The summed E-state index contributed by atoms with van der Waals surface area (Å²) in [7, 11) is 0. The Morgan fingerprint density at radius 3 is 2.53 bits per heavy atom. The number of anilines is 2. The molecule has 1 aliphatic rings. The first-order chi connectivity index (χ1) is 15.2. The number of hydrogen-bond donors (Lipinski definition) is 1. The van der Waals surface area contributed by atoms with Gasteiger partial charge < -0.3 is 10.2 Å². The van der Waals surface area contributed by atoms with Gasteiger partial charge in [-0.05, 0) is 25.1 Å². The number of rotatable bonds is 5. The zero-order chi connectivity index (χ0) is 22.9. The van der Waals surface area contributed by atoms with E-state index in [0.717, 1.165) is 5.69 Å². The van der Waals surface area contributed by atoms with Crippen LogP contribution in [0, 0.1) is 6.92 Å². The van der Waals surface area contributed by atoms with Crippen LogP contribution >= 0.6 is 0 Å². The summed E-state index contributed by atoms with van der Waals surface area (Å²) in [5, 5.41) is 2.86. The van der Waals surface area contributed by atoms with Crippen molar-refractivity contribution < 1.29 is 13.6 Å². The maximum absolute atomic E-state index is 13.9. The molecule has 1 N–H and O–H groups in total. The van der Waals surface area contributed by atoms with Gasteiger partial charge in [0.15, 0.2) is 5.82 Å². The summed E-state index contributed by atoms with van der Waals surface area (Å²) in [6.45, 7) is 5.46. The number of aromatic nitrogens is 4. The fraction of sp³-hybridized carbons (Fsp3) is 0.348. The van der Waals surface area contributed by atoms with Gasteiger partial charge in [0, 0.05) is 48.7 Å². The molecule has 0 bridgehead atoms. The van der Waals surface area contributed by atoms with E-state index in [9.17, 15) is 13.6 Å². The summed E-state index contributed by atoms with van der Waals surface area (Å²) >= 11 is 0. The van der Waals surface area contributed by atoms with Crippen molar-refractivity contribution in [2.75, 3.05) is 23.3 Å². The Balaban J connectivity index is 1.74. The summed E-state index contributed by atoms with van der Waals surface area (Å²) in [5.74, 6) is -2.20. The molecule has 32 heavy (non-hydrogen) atoms. The van der Waals surface area contributed by atoms with Crippen LogP contribution < -0.4 is 10.2 Å². The first-order valence-electron chi connectivity index (χ1n) is 10.4. The van der Waals surface area contributed by atoms with Gasteiger partial charge in [-0.2, -0.15) is 0 Å². The molecular weight excluding hydrogens is 414 g/mol. The van der Waals surface area contributed by atoms with Gasteiger partial charge in [-0.3, -0.25) is 9.78 Å². The molecule has 4 heterocycles. The van der Waals surface area contributed by atoms with E-state index in [1.807, 2.05) is 32.9 Å². The van der Waals surface area contributed by atoms with Crippen molar-refractivity contribution in [1.29, 1.82) is 0 Å². The van der Waals surface area contributed by atoms with Crippen LogP contribution in [0.1, 0.15) is 48.1 Å². The van der Waals surface area contributed by atoms with E-state index in [1.54, 1.807) is 18.3 Å². The standard InChI is InChI=1S/C23H24F2N6O/c1-14(2)20-27-11-16(12-28-20)22(32)30-19-17(18-6-4-5-15(3)29-18)7-9-26-21(19)31-10-8-23(24,25)13-31/h4-7,9,11-12,14H,8,10,13H2,1-3H3,(H,30,32). The van der Waals surface area contributed by atoms with Gasteiger partial charge in [-0.25, -0.2) is 23.7 Å². The van der Waals surface area contributed by atoms with Crippen LogP contribution in [-0.4, -0.2) is 44.9 Å². The SMILES string of the molecule is Cc1cccc(-c2ccnc(N3CCC(F)(F)C3)c2NC(=O)c2cnc(C(C)C)nc2)n1. The highest BCUT2D eigenvalue weighted by atomic mass is 19.3. The molecular formula is C23H24F2N6O. The van der Waals surface area contributed by atoms with Crippen molar-refractivity contribution in [3.63, 3.8) is 0 Å². The predicted molar refractivity (Wildman–Crippen MR) is 118 cm³/mol. The van der Waals surface area contributed by atoms with Gasteiger partial charge in [0.2, 0.25) is 0 Å². The third-order valence-electron chi connectivity index (χ3n) is 5.25. The molecule has 0 aromatic carbocycles. The Bertz CT molecular complexity index is 1130. The fourth-order valence-corrected chi connectivity index (χ4v) is 3.58. The third kappa shape index (κ3) is 4.56. The van der Waals surface area contributed by atoms with Gasteiger partial charge in [0.25, 0.3) is 11.8 Å². The summed E-state index contributed by atoms with van der Waals surface area (Å²) < 4.78 is 27.9. The number of aryl methyl sites for hydroxylation is 1. The molecule has 1 amide bonds. The number of hydrogen-bond acceptors (Lipinski definition) is 6. The molecule has 1 saturated heterocycles. The first kappa shape index (κ1) is 21.7. The van der Waals surface area contributed by atoms with Gasteiger partial charge in [-0.1, -0.05) is 19.9 Å². The number of amides is 1. The molecule has 0 atom stereocenters. The average molecular weight is 438 g/mol. The van der Waals surface area contributed by atoms with Crippen LogP contribution in [0.5, 0.6) is 0 Å². The van der Waals surface area contributed by atoms with E-state index in [0.29, 0.717) is 22.8 Å². The normalized spacial score (nSPS) is 15.2. The van der Waals surface area contributed by atoms with E-state index in [1.165, 1.54) is 17.3 Å².